The molecular formula is C20H25NO. The first-order valence-corrected chi connectivity index (χ1v) is 8.08. The van der Waals surface area contributed by atoms with Gasteiger partial charge in [0.2, 0.25) is 5.91 Å². The Balaban J connectivity index is 1.92. The Labute approximate surface area is 133 Å². The van der Waals surface area contributed by atoms with E-state index in [2.05, 4.69) is 55.6 Å². The molecule has 2 aromatic carbocycles. The van der Waals surface area contributed by atoms with Crippen LogP contribution in [0.15, 0.2) is 48.5 Å². The first-order valence-electron chi connectivity index (χ1n) is 8.08. The molecule has 0 radical (unpaired) electrons. The van der Waals surface area contributed by atoms with Crippen LogP contribution in [-0.4, -0.2) is 5.91 Å². The second-order valence-corrected chi connectivity index (χ2v) is 5.73. The van der Waals surface area contributed by atoms with Crippen molar-refractivity contribution >= 4 is 5.91 Å². The maximum atomic E-state index is 12.2. The summed E-state index contributed by atoms with van der Waals surface area (Å²) >= 11 is 0. The number of carbonyl (C=O) groups is 1. The maximum absolute atomic E-state index is 12.2. The molecule has 2 heteroatoms. The smallest absolute Gasteiger partial charge is 0.224 e. The maximum Gasteiger partial charge on any atom is 0.224 e. The highest BCUT2D eigenvalue weighted by Crippen LogP contribution is 2.14. The molecule has 0 spiro atoms. The van der Waals surface area contributed by atoms with E-state index in [0.717, 1.165) is 24.0 Å². The molecule has 0 fully saturated rings. The van der Waals surface area contributed by atoms with Gasteiger partial charge in [0.1, 0.15) is 0 Å². The Hall–Kier alpha value is -2.09. The number of hydrogen-bond donors (Lipinski definition) is 1. The van der Waals surface area contributed by atoms with E-state index in [0.29, 0.717) is 6.42 Å². The highest BCUT2D eigenvalue weighted by Gasteiger charge is 2.10. The van der Waals surface area contributed by atoms with Gasteiger partial charge in [-0.3, -0.25) is 4.79 Å². The van der Waals surface area contributed by atoms with Crippen LogP contribution in [0.3, 0.4) is 0 Å². The van der Waals surface area contributed by atoms with Gasteiger partial charge in [-0.05, 0) is 42.0 Å². The quantitative estimate of drug-likeness (QED) is 0.849. The molecule has 0 heterocycles. The summed E-state index contributed by atoms with van der Waals surface area (Å²) in [7, 11) is 0. The molecule has 0 saturated heterocycles. The summed E-state index contributed by atoms with van der Waals surface area (Å²) in [5, 5.41) is 3.07. The average Bonchev–Trinajstić information content (AvgIpc) is 2.55. The zero-order valence-electron chi connectivity index (χ0n) is 13.7. The molecular weight excluding hydrogens is 270 g/mol. The largest absolute Gasteiger partial charge is 0.349 e. The van der Waals surface area contributed by atoms with Gasteiger partial charge in [-0.25, -0.2) is 0 Å². The Bertz CT molecular complexity index is 599. The third-order valence-electron chi connectivity index (χ3n) is 4.06. The topological polar surface area (TPSA) is 29.1 Å². The number of carbonyl (C=O) groups excluding carboxylic acids is 1. The van der Waals surface area contributed by atoms with E-state index < -0.39 is 0 Å². The molecule has 0 bridgehead atoms. The van der Waals surface area contributed by atoms with Crippen molar-refractivity contribution in [1.82, 2.24) is 5.32 Å². The average molecular weight is 295 g/mol. The summed E-state index contributed by atoms with van der Waals surface area (Å²) in [6.07, 6.45) is 2.49. The van der Waals surface area contributed by atoms with Crippen LogP contribution in [0.4, 0.5) is 0 Å². The molecule has 22 heavy (non-hydrogen) atoms. The summed E-state index contributed by atoms with van der Waals surface area (Å²) in [6.45, 7) is 6.30. The fraction of sp³-hybridized carbons (Fsp3) is 0.350. The van der Waals surface area contributed by atoms with Crippen LogP contribution < -0.4 is 5.32 Å². The van der Waals surface area contributed by atoms with Crippen molar-refractivity contribution in [2.45, 2.75) is 46.1 Å². The molecule has 2 aromatic rings. The summed E-state index contributed by atoms with van der Waals surface area (Å²) in [6, 6.07) is 16.7. The molecule has 2 nitrogen and oxygen atoms in total. The van der Waals surface area contributed by atoms with Crippen LogP contribution in [0.1, 0.15) is 49.1 Å². The van der Waals surface area contributed by atoms with E-state index in [9.17, 15) is 4.79 Å². The van der Waals surface area contributed by atoms with E-state index in [-0.39, 0.29) is 11.9 Å². The van der Waals surface area contributed by atoms with Crippen molar-refractivity contribution in [3.8, 4) is 0 Å². The third-order valence-corrected chi connectivity index (χ3v) is 4.06. The Morgan fingerprint density at radius 1 is 0.864 bits per heavy atom. The number of rotatable bonds is 6. The van der Waals surface area contributed by atoms with E-state index >= 15 is 0 Å². The van der Waals surface area contributed by atoms with Crippen LogP contribution in [0.2, 0.25) is 0 Å². The lowest BCUT2D eigenvalue weighted by molar-refractivity contribution is -0.121. The van der Waals surface area contributed by atoms with Gasteiger partial charge >= 0.3 is 0 Å². The Morgan fingerprint density at radius 2 is 1.32 bits per heavy atom. The van der Waals surface area contributed by atoms with Gasteiger partial charge in [0.05, 0.1) is 12.5 Å². The number of amides is 1. The standard InChI is InChI=1S/C20H25NO/c1-4-16-6-8-18(9-7-16)14-20(22)21-15(3)19-12-10-17(5-2)11-13-19/h6-13,15H,4-5,14H2,1-3H3,(H,21,22)/t15-/m1/s1. The zero-order chi connectivity index (χ0) is 15.9. The van der Waals surface area contributed by atoms with Crippen LogP contribution in [0.25, 0.3) is 0 Å². The predicted molar refractivity (Wildman–Crippen MR) is 91.9 cm³/mol. The Morgan fingerprint density at radius 3 is 1.82 bits per heavy atom. The lowest BCUT2D eigenvalue weighted by Gasteiger charge is -2.15. The second-order valence-electron chi connectivity index (χ2n) is 5.73. The van der Waals surface area contributed by atoms with E-state index in [1.807, 2.05) is 19.1 Å². The second kappa shape index (κ2) is 7.79. The van der Waals surface area contributed by atoms with E-state index in [4.69, 9.17) is 0 Å². The van der Waals surface area contributed by atoms with Gasteiger partial charge in [-0.1, -0.05) is 62.4 Å². The van der Waals surface area contributed by atoms with Crippen molar-refractivity contribution < 1.29 is 4.79 Å². The number of nitrogens with one attached hydrogen (secondary N) is 1. The molecule has 0 saturated carbocycles. The molecule has 1 N–H and O–H groups in total. The molecule has 1 atom stereocenters. The number of hydrogen-bond acceptors (Lipinski definition) is 1. The Kier molecular flexibility index (Phi) is 5.76. The third kappa shape index (κ3) is 4.45. The summed E-state index contributed by atoms with van der Waals surface area (Å²) in [5.41, 5.74) is 4.82. The molecule has 1 amide bonds. The van der Waals surface area contributed by atoms with Gasteiger partial charge < -0.3 is 5.32 Å². The summed E-state index contributed by atoms with van der Waals surface area (Å²) < 4.78 is 0. The van der Waals surface area contributed by atoms with Crippen LogP contribution in [0.5, 0.6) is 0 Å². The monoisotopic (exact) mass is 295 g/mol. The fourth-order valence-corrected chi connectivity index (χ4v) is 2.50. The molecule has 0 aliphatic carbocycles. The van der Waals surface area contributed by atoms with E-state index in [1.54, 1.807) is 0 Å². The first kappa shape index (κ1) is 16.3. The summed E-state index contributed by atoms with van der Waals surface area (Å²) in [5.74, 6) is 0.0660. The van der Waals surface area contributed by atoms with Crippen LogP contribution in [0, 0.1) is 0 Å². The van der Waals surface area contributed by atoms with Crippen molar-refractivity contribution in [3.05, 3.63) is 70.8 Å². The van der Waals surface area contributed by atoms with Crippen LogP contribution >= 0.6 is 0 Å². The van der Waals surface area contributed by atoms with Crippen molar-refractivity contribution in [3.63, 3.8) is 0 Å². The minimum absolute atomic E-state index is 0.0355. The summed E-state index contributed by atoms with van der Waals surface area (Å²) in [4.78, 5) is 12.2. The van der Waals surface area contributed by atoms with Crippen molar-refractivity contribution in [1.29, 1.82) is 0 Å². The highest BCUT2D eigenvalue weighted by molar-refractivity contribution is 5.79. The number of benzene rings is 2. The molecule has 116 valence electrons. The molecule has 0 aliphatic rings. The van der Waals surface area contributed by atoms with E-state index in [1.165, 1.54) is 11.1 Å². The fourth-order valence-electron chi connectivity index (χ4n) is 2.50. The van der Waals surface area contributed by atoms with Gasteiger partial charge in [0.25, 0.3) is 0 Å². The molecule has 0 aliphatic heterocycles. The highest BCUT2D eigenvalue weighted by atomic mass is 16.1. The SMILES string of the molecule is CCc1ccc(CC(=O)N[C@H](C)c2ccc(CC)cc2)cc1. The lowest BCUT2D eigenvalue weighted by Crippen LogP contribution is -2.28. The zero-order valence-corrected chi connectivity index (χ0v) is 13.7. The normalized spacial score (nSPS) is 12.0. The predicted octanol–water partition coefficient (Wildman–Crippen LogP) is 4.23. The van der Waals surface area contributed by atoms with Crippen molar-refractivity contribution in [2.24, 2.45) is 0 Å². The molecule has 2 rings (SSSR count). The molecule has 0 aromatic heterocycles. The van der Waals surface area contributed by atoms with Gasteiger partial charge in [-0.15, -0.1) is 0 Å². The number of aryl methyl sites for hydroxylation is 2. The minimum Gasteiger partial charge on any atom is -0.349 e. The lowest BCUT2D eigenvalue weighted by atomic mass is 10.0. The van der Waals surface area contributed by atoms with Gasteiger partial charge in [0.15, 0.2) is 0 Å². The first-order chi connectivity index (χ1) is 10.6. The van der Waals surface area contributed by atoms with Gasteiger partial charge in [-0.2, -0.15) is 0 Å². The van der Waals surface area contributed by atoms with Gasteiger partial charge in [0, 0.05) is 0 Å². The molecule has 0 unspecified atom stereocenters. The van der Waals surface area contributed by atoms with Crippen molar-refractivity contribution in [2.75, 3.05) is 0 Å². The van der Waals surface area contributed by atoms with Crippen LogP contribution in [-0.2, 0) is 24.1 Å². The minimum atomic E-state index is 0.0355.